The molecular weight excluding hydrogens is 1160 g/mol. The van der Waals surface area contributed by atoms with E-state index in [1.165, 1.54) is 0 Å². The van der Waals surface area contributed by atoms with E-state index in [1.54, 1.807) is 72.8 Å². The molecule has 11 rings (SSSR count). The predicted molar refractivity (Wildman–Crippen MR) is 341 cm³/mol. The molecule has 0 spiro atoms. The van der Waals surface area contributed by atoms with Gasteiger partial charge < -0.3 is 18.9 Å². The molecule has 0 heterocycles. The van der Waals surface area contributed by atoms with Crippen LogP contribution < -0.4 is 18.9 Å². The SMILES string of the molecule is CC(C)c1cccc(C(C)C)c1-c1c(-c2c(C(C)C)cccc2C(C)C)c2ccc(Oc3c(Cl)cccc3Cl)c3c4c(Oc5c(Cl)cccc5Cl)ccc5ccc(Oc6c(Cl)cccc6Cl)c(c(c1Oc1c(Cl)cccc1Cl)c23)c54. The fourth-order valence-electron chi connectivity index (χ4n) is 11.2. The second-order valence-electron chi connectivity index (χ2n) is 21.1. The molecule has 404 valence electrons. The van der Waals surface area contributed by atoms with Crippen molar-refractivity contribution in [3.63, 3.8) is 0 Å². The highest BCUT2D eigenvalue weighted by molar-refractivity contribution is 6.43. The van der Waals surface area contributed by atoms with Crippen LogP contribution in [0.3, 0.4) is 0 Å². The van der Waals surface area contributed by atoms with Crippen molar-refractivity contribution in [2.24, 2.45) is 0 Å². The number of para-hydroxylation sites is 4. The van der Waals surface area contributed by atoms with Crippen LogP contribution in [-0.4, -0.2) is 0 Å². The molecule has 0 N–H and O–H groups in total. The van der Waals surface area contributed by atoms with Crippen LogP contribution in [0.25, 0.3) is 65.3 Å². The zero-order valence-corrected chi connectivity index (χ0v) is 50.9. The van der Waals surface area contributed by atoms with Crippen LogP contribution in [0.5, 0.6) is 46.0 Å². The Kier molecular flexibility index (Phi) is 15.8. The lowest BCUT2D eigenvalue weighted by Crippen LogP contribution is -2.07. The Balaban J connectivity index is 1.53. The van der Waals surface area contributed by atoms with Crippen LogP contribution in [0, 0.1) is 0 Å². The Labute approximate surface area is 506 Å². The Hall–Kier alpha value is -5.76. The Morgan fingerprint density at radius 2 is 0.537 bits per heavy atom. The third-order valence-electron chi connectivity index (χ3n) is 14.8. The molecule has 4 nitrogen and oxygen atoms in total. The number of benzene rings is 11. The van der Waals surface area contributed by atoms with E-state index >= 15 is 0 Å². The maximum atomic E-state index is 7.81. The first-order valence-corrected chi connectivity index (χ1v) is 29.4. The molecular formula is C68H52Cl8O4. The predicted octanol–water partition coefficient (Wildman–Crippen LogP) is 26.0. The first-order valence-electron chi connectivity index (χ1n) is 26.4. The van der Waals surface area contributed by atoms with Crippen molar-refractivity contribution >= 4 is 136 Å². The van der Waals surface area contributed by atoms with E-state index in [-0.39, 0.29) is 46.7 Å². The molecule has 12 heteroatoms. The van der Waals surface area contributed by atoms with E-state index in [2.05, 4.69) is 97.9 Å². The van der Waals surface area contributed by atoms with Crippen molar-refractivity contribution in [2.45, 2.75) is 79.1 Å². The minimum Gasteiger partial charge on any atom is -0.454 e. The first-order chi connectivity index (χ1) is 38.4. The minimum absolute atomic E-state index is 0.0405. The average Bonchev–Trinajstić information content (AvgIpc) is 2.87. The van der Waals surface area contributed by atoms with Crippen LogP contribution in [-0.2, 0) is 0 Å². The molecule has 80 heavy (non-hydrogen) atoms. The largest absolute Gasteiger partial charge is 0.454 e. The molecule has 0 amide bonds. The van der Waals surface area contributed by atoms with E-state index in [9.17, 15) is 0 Å². The van der Waals surface area contributed by atoms with Gasteiger partial charge in [0.25, 0.3) is 0 Å². The molecule has 11 aromatic carbocycles. The summed E-state index contributed by atoms with van der Waals surface area (Å²) in [4.78, 5) is 0. The van der Waals surface area contributed by atoms with Gasteiger partial charge in [0.2, 0.25) is 0 Å². The van der Waals surface area contributed by atoms with Crippen LogP contribution in [0.2, 0.25) is 40.2 Å². The van der Waals surface area contributed by atoms with E-state index < -0.39 is 0 Å². The molecule has 0 unspecified atom stereocenters. The van der Waals surface area contributed by atoms with Gasteiger partial charge in [-0.15, -0.1) is 0 Å². The van der Waals surface area contributed by atoms with E-state index in [4.69, 9.17) is 112 Å². The standard InChI is InChI=1S/C68H52Cl8O4/c1-33(2)38-15-9-16-39(34(3)4)55(38)57-42-29-32-53(79-66-47(73)23-13-24-48(66)74)61-58(42)63(68(80-67-49(75)25-14-26-50(67)76)62(57)56-40(35(5)6)17-10-18-41(56)36(7)8)60-52(78-65-45(71)21-12-22-46(65)72)31-28-37-27-30-51(59(61)54(37)60)77-64-43(69)19-11-20-44(64)70/h9-36H,1-8H3. The molecule has 0 saturated carbocycles. The van der Waals surface area contributed by atoms with Crippen molar-refractivity contribution < 1.29 is 18.9 Å². The highest BCUT2D eigenvalue weighted by atomic mass is 35.5. The van der Waals surface area contributed by atoms with Gasteiger partial charge in [0, 0.05) is 43.4 Å². The summed E-state index contributed by atoms with van der Waals surface area (Å²) in [5.74, 6) is 2.87. The van der Waals surface area contributed by atoms with Gasteiger partial charge in [0.15, 0.2) is 23.0 Å². The molecule has 0 aromatic heterocycles. The maximum Gasteiger partial charge on any atom is 0.164 e. The molecule has 0 radical (unpaired) electrons. The zero-order valence-electron chi connectivity index (χ0n) is 44.8. The topological polar surface area (TPSA) is 36.9 Å². The normalized spacial score (nSPS) is 11.9. The van der Waals surface area contributed by atoms with Crippen LogP contribution in [0.15, 0.2) is 146 Å². The molecule has 0 aliphatic rings. The molecule has 0 saturated heterocycles. The third kappa shape index (κ3) is 9.82. The molecule has 0 atom stereocenters. The molecule has 0 aliphatic heterocycles. The van der Waals surface area contributed by atoms with Gasteiger partial charge in [-0.2, -0.15) is 0 Å². The van der Waals surface area contributed by atoms with Gasteiger partial charge in [-0.25, -0.2) is 0 Å². The molecule has 11 aromatic rings. The number of rotatable bonds is 14. The second-order valence-corrected chi connectivity index (χ2v) is 24.4. The summed E-state index contributed by atoms with van der Waals surface area (Å²) >= 11 is 57.0. The maximum absolute atomic E-state index is 7.81. The second kappa shape index (κ2) is 22.5. The van der Waals surface area contributed by atoms with Gasteiger partial charge in [-0.1, -0.05) is 221 Å². The molecule has 0 aliphatic carbocycles. The number of halogens is 8. The van der Waals surface area contributed by atoms with Crippen molar-refractivity contribution in [1.82, 2.24) is 0 Å². The highest BCUT2D eigenvalue weighted by Crippen LogP contribution is 2.62. The number of hydrogen-bond donors (Lipinski definition) is 0. The highest BCUT2D eigenvalue weighted by Gasteiger charge is 2.35. The van der Waals surface area contributed by atoms with Gasteiger partial charge in [-0.05, 0) is 141 Å². The number of ether oxygens (including phenoxy) is 4. The average molecular weight is 1220 g/mol. The zero-order chi connectivity index (χ0) is 56.6. The Morgan fingerprint density at radius 1 is 0.250 bits per heavy atom. The van der Waals surface area contributed by atoms with Gasteiger partial charge in [0.05, 0.1) is 40.2 Å². The summed E-state index contributed by atoms with van der Waals surface area (Å²) in [6.07, 6.45) is 0. The first kappa shape index (κ1) is 56.1. The van der Waals surface area contributed by atoms with Gasteiger partial charge >= 0.3 is 0 Å². The summed E-state index contributed by atoms with van der Waals surface area (Å²) in [7, 11) is 0. The van der Waals surface area contributed by atoms with Gasteiger partial charge in [0.1, 0.15) is 23.0 Å². The van der Waals surface area contributed by atoms with Crippen molar-refractivity contribution in [1.29, 1.82) is 0 Å². The number of hydrogen-bond acceptors (Lipinski definition) is 4. The fourth-order valence-corrected chi connectivity index (χ4v) is 13.1. The van der Waals surface area contributed by atoms with Crippen molar-refractivity contribution in [3.05, 3.63) is 208 Å². The quantitative estimate of drug-likeness (QED) is 0.0803. The fraction of sp³-hybridized carbons (Fsp3) is 0.176. The Morgan fingerprint density at radius 3 is 0.887 bits per heavy atom. The van der Waals surface area contributed by atoms with Crippen molar-refractivity contribution in [2.75, 3.05) is 0 Å². The van der Waals surface area contributed by atoms with Gasteiger partial charge in [-0.3, -0.25) is 0 Å². The summed E-state index contributed by atoms with van der Waals surface area (Å²) in [5, 5.41) is 7.99. The van der Waals surface area contributed by atoms with E-state index in [0.717, 1.165) is 55.3 Å². The number of fused-ring (bicyclic) bond motifs is 2. The lowest BCUT2D eigenvalue weighted by Gasteiger charge is -2.31. The minimum atomic E-state index is 0.0405. The monoisotopic (exact) mass is 1210 g/mol. The Bertz CT molecular complexity index is 4070. The van der Waals surface area contributed by atoms with Crippen LogP contribution in [0.4, 0.5) is 0 Å². The van der Waals surface area contributed by atoms with Crippen molar-refractivity contribution in [3.8, 4) is 68.2 Å². The summed E-state index contributed by atoms with van der Waals surface area (Å²) in [5.41, 5.74) is 8.34. The summed E-state index contributed by atoms with van der Waals surface area (Å²) in [6, 6.07) is 46.3. The lowest BCUT2D eigenvalue weighted by atomic mass is 9.75. The van der Waals surface area contributed by atoms with E-state index in [0.29, 0.717) is 95.5 Å². The summed E-state index contributed by atoms with van der Waals surface area (Å²) in [6.45, 7) is 17.9. The van der Waals surface area contributed by atoms with Crippen LogP contribution in [0.1, 0.15) is 101 Å². The van der Waals surface area contributed by atoms with Crippen LogP contribution >= 0.6 is 92.8 Å². The molecule has 0 fully saturated rings. The molecule has 0 bridgehead atoms. The summed E-state index contributed by atoms with van der Waals surface area (Å²) < 4.78 is 29.2. The van der Waals surface area contributed by atoms with E-state index in [1.807, 2.05) is 30.3 Å². The lowest BCUT2D eigenvalue weighted by molar-refractivity contribution is 0.484. The smallest absolute Gasteiger partial charge is 0.164 e. The third-order valence-corrected chi connectivity index (χ3v) is 17.1.